The Morgan fingerprint density at radius 1 is 1.53 bits per heavy atom. The van der Waals surface area contributed by atoms with Gasteiger partial charge in [0.15, 0.2) is 0 Å². The highest BCUT2D eigenvalue weighted by Crippen LogP contribution is 2.21. The Labute approximate surface area is 99.8 Å². The Bertz CT molecular complexity index is 470. The summed E-state index contributed by atoms with van der Waals surface area (Å²) in [5.74, 6) is -0.280. The zero-order valence-corrected chi connectivity index (χ0v) is 9.90. The molecule has 1 aromatic carbocycles. The molecule has 1 aliphatic rings. The molecule has 2 atom stereocenters. The van der Waals surface area contributed by atoms with Crippen LogP contribution in [0.15, 0.2) is 23.2 Å². The molecule has 17 heavy (non-hydrogen) atoms. The summed E-state index contributed by atoms with van der Waals surface area (Å²) in [6, 6.07) is 3.87. The van der Waals surface area contributed by atoms with Gasteiger partial charge in [0, 0.05) is 17.5 Å². The van der Waals surface area contributed by atoms with Crippen LogP contribution in [0.4, 0.5) is 10.1 Å². The number of amides is 1. The van der Waals surface area contributed by atoms with Gasteiger partial charge in [0.25, 0.3) is 0 Å². The predicted octanol–water partition coefficient (Wildman–Crippen LogP) is 2.61. The number of aliphatic imine (C=N–C) groups is 1. The van der Waals surface area contributed by atoms with Crippen LogP contribution < -0.4 is 5.32 Å². The van der Waals surface area contributed by atoms with E-state index in [9.17, 15) is 9.18 Å². The van der Waals surface area contributed by atoms with Crippen molar-refractivity contribution in [3.05, 3.63) is 29.6 Å². The molecule has 1 N–H and O–H groups in total. The molecule has 0 saturated carbocycles. The van der Waals surface area contributed by atoms with Crippen molar-refractivity contribution < 1.29 is 9.18 Å². The molecule has 0 saturated heterocycles. The number of rotatable bonds is 2. The number of nitrogens with one attached hydrogen (secondary N) is 1. The molecular formula is C13H15FN2O. The molecule has 0 aromatic heterocycles. The van der Waals surface area contributed by atoms with Gasteiger partial charge < -0.3 is 5.32 Å². The highest BCUT2D eigenvalue weighted by atomic mass is 19.1. The van der Waals surface area contributed by atoms with E-state index in [1.807, 2.05) is 13.8 Å². The summed E-state index contributed by atoms with van der Waals surface area (Å²) in [6.45, 7) is 4.00. The lowest BCUT2D eigenvalue weighted by Crippen LogP contribution is -2.30. The summed E-state index contributed by atoms with van der Waals surface area (Å²) < 4.78 is 13.1. The number of carbonyl (C=O) groups is 1. The monoisotopic (exact) mass is 234 g/mol. The standard InChI is InChI=1S/C13H15FN2O/c1-3-8(2)12-13(17)16-11-5-4-10(14)6-9(11)7-15-12/h4-8,12H,3H2,1-2H3,(H,16,17)/t8-,12-/m0/s1. The SMILES string of the molecule is CC[C@H](C)[C@@H]1N=Cc2cc(F)ccc2NC1=O. The Morgan fingerprint density at radius 3 is 3.00 bits per heavy atom. The fourth-order valence-corrected chi connectivity index (χ4v) is 1.82. The molecule has 1 heterocycles. The molecule has 1 amide bonds. The summed E-state index contributed by atoms with van der Waals surface area (Å²) in [4.78, 5) is 16.2. The van der Waals surface area contributed by atoms with Crippen molar-refractivity contribution in [1.82, 2.24) is 0 Å². The van der Waals surface area contributed by atoms with E-state index in [4.69, 9.17) is 0 Å². The molecule has 0 bridgehead atoms. The summed E-state index contributed by atoms with van der Waals surface area (Å²) in [5, 5.41) is 2.78. The zero-order valence-electron chi connectivity index (χ0n) is 9.90. The molecule has 0 aliphatic carbocycles. The number of hydrogen-bond donors (Lipinski definition) is 1. The second-order valence-electron chi connectivity index (χ2n) is 4.33. The normalized spacial score (nSPS) is 20.4. The number of fused-ring (bicyclic) bond motifs is 1. The maximum Gasteiger partial charge on any atom is 0.249 e. The molecular weight excluding hydrogens is 219 g/mol. The third-order valence-corrected chi connectivity index (χ3v) is 3.10. The Kier molecular flexibility index (Phi) is 3.22. The van der Waals surface area contributed by atoms with Crippen molar-refractivity contribution in [3.8, 4) is 0 Å². The first-order chi connectivity index (χ1) is 8.11. The van der Waals surface area contributed by atoms with E-state index in [0.29, 0.717) is 11.3 Å². The third kappa shape index (κ3) is 2.35. The largest absolute Gasteiger partial charge is 0.324 e. The van der Waals surface area contributed by atoms with E-state index in [0.717, 1.165) is 6.42 Å². The average molecular weight is 234 g/mol. The van der Waals surface area contributed by atoms with Crippen LogP contribution in [0.5, 0.6) is 0 Å². The molecule has 2 rings (SSSR count). The van der Waals surface area contributed by atoms with Gasteiger partial charge >= 0.3 is 0 Å². The second-order valence-corrected chi connectivity index (χ2v) is 4.33. The Hall–Kier alpha value is -1.71. The van der Waals surface area contributed by atoms with Gasteiger partial charge in [0.05, 0.1) is 0 Å². The first kappa shape index (κ1) is 11.8. The van der Waals surface area contributed by atoms with Crippen molar-refractivity contribution >= 4 is 17.8 Å². The molecule has 3 nitrogen and oxygen atoms in total. The average Bonchev–Trinajstić information content (AvgIpc) is 2.47. The number of anilines is 1. The van der Waals surface area contributed by atoms with Crippen LogP contribution in [0.2, 0.25) is 0 Å². The highest BCUT2D eigenvalue weighted by molar-refractivity contribution is 6.03. The van der Waals surface area contributed by atoms with Crippen molar-refractivity contribution in [1.29, 1.82) is 0 Å². The number of carbonyl (C=O) groups excluding carboxylic acids is 1. The zero-order chi connectivity index (χ0) is 12.4. The minimum atomic E-state index is -0.393. The number of hydrogen-bond acceptors (Lipinski definition) is 2. The number of halogens is 1. The van der Waals surface area contributed by atoms with Crippen LogP contribution in [-0.4, -0.2) is 18.2 Å². The van der Waals surface area contributed by atoms with Crippen LogP contribution in [0, 0.1) is 11.7 Å². The van der Waals surface area contributed by atoms with E-state index < -0.39 is 6.04 Å². The van der Waals surface area contributed by atoms with Gasteiger partial charge in [-0.25, -0.2) is 4.39 Å². The minimum absolute atomic E-state index is 0.124. The molecule has 0 radical (unpaired) electrons. The molecule has 0 unspecified atom stereocenters. The van der Waals surface area contributed by atoms with E-state index in [1.54, 1.807) is 12.3 Å². The fraction of sp³-hybridized carbons (Fsp3) is 0.385. The maximum absolute atomic E-state index is 13.1. The van der Waals surface area contributed by atoms with Crippen LogP contribution >= 0.6 is 0 Å². The van der Waals surface area contributed by atoms with Crippen molar-refractivity contribution in [3.63, 3.8) is 0 Å². The quantitative estimate of drug-likeness (QED) is 0.839. The van der Waals surface area contributed by atoms with Crippen LogP contribution in [-0.2, 0) is 4.79 Å². The first-order valence-corrected chi connectivity index (χ1v) is 5.75. The highest BCUT2D eigenvalue weighted by Gasteiger charge is 2.25. The lowest BCUT2D eigenvalue weighted by Gasteiger charge is -2.16. The summed E-state index contributed by atoms with van der Waals surface area (Å²) in [7, 11) is 0. The smallest absolute Gasteiger partial charge is 0.249 e. The van der Waals surface area contributed by atoms with Crippen molar-refractivity contribution in [2.24, 2.45) is 10.9 Å². The summed E-state index contributed by atoms with van der Waals surface area (Å²) in [6.07, 6.45) is 2.45. The molecule has 90 valence electrons. The Morgan fingerprint density at radius 2 is 2.29 bits per heavy atom. The van der Waals surface area contributed by atoms with E-state index in [2.05, 4.69) is 10.3 Å². The lowest BCUT2D eigenvalue weighted by molar-refractivity contribution is -0.118. The van der Waals surface area contributed by atoms with Gasteiger partial charge in [0.1, 0.15) is 11.9 Å². The number of nitrogens with zero attached hydrogens (tertiary/aromatic N) is 1. The number of benzene rings is 1. The molecule has 1 aliphatic heterocycles. The van der Waals surface area contributed by atoms with Gasteiger partial charge in [-0.1, -0.05) is 20.3 Å². The number of benzodiazepines with no additional fused rings is 1. The van der Waals surface area contributed by atoms with E-state index in [1.165, 1.54) is 12.1 Å². The molecule has 0 fully saturated rings. The van der Waals surface area contributed by atoms with Crippen molar-refractivity contribution in [2.75, 3.05) is 5.32 Å². The minimum Gasteiger partial charge on any atom is -0.324 e. The fourth-order valence-electron chi connectivity index (χ4n) is 1.82. The topological polar surface area (TPSA) is 41.5 Å². The predicted molar refractivity (Wildman–Crippen MR) is 65.9 cm³/mol. The first-order valence-electron chi connectivity index (χ1n) is 5.75. The maximum atomic E-state index is 13.1. The van der Waals surface area contributed by atoms with Gasteiger partial charge in [-0.15, -0.1) is 0 Å². The van der Waals surface area contributed by atoms with Gasteiger partial charge in [-0.2, -0.15) is 0 Å². The summed E-state index contributed by atoms with van der Waals surface area (Å²) in [5.41, 5.74) is 1.23. The van der Waals surface area contributed by atoms with Crippen LogP contribution in [0.1, 0.15) is 25.8 Å². The van der Waals surface area contributed by atoms with Gasteiger partial charge in [0.2, 0.25) is 5.91 Å². The van der Waals surface area contributed by atoms with E-state index >= 15 is 0 Å². The van der Waals surface area contributed by atoms with Gasteiger partial charge in [-0.3, -0.25) is 9.79 Å². The lowest BCUT2D eigenvalue weighted by atomic mass is 9.99. The van der Waals surface area contributed by atoms with Gasteiger partial charge in [-0.05, 0) is 24.1 Å². The van der Waals surface area contributed by atoms with Crippen molar-refractivity contribution in [2.45, 2.75) is 26.3 Å². The second kappa shape index (κ2) is 4.65. The summed E-state index contributed by atoms with van der Waals surface area (Å²) >= 11 is 0. The third-order valence-electron chi connectivity index (χ3n) is 3.10. The van der Waals surface area contributed by atoms with E-state index in [-0.39, 0.29) is 17.6 Å². The molecule has 0 spiro atoms. The Balaban J connectivity index is 2.35. The van der Waals surface area contributed by atoms with Crippen LogP contribution in [0.3, 0.4) is 0 Å². The molecule has 1 aromatic rings. The van der Waals surface area contributed by atoms with Crippen LogP contribution in [0.25, 0.3) is 0 Å². The molecule has 4 heteroatoms.